The van der Waals surface area contributed by atoms with Crippen molar-refractivity contribution in [1.29, 1.82) is 5.26 Å². The van der Waals surface area contributed by atoms with E-state index in [1.54, 1.807) is 0 Å². The van der Waals surface area contributed by atoms with Crippen molar-refractivity contribution in [3.8, 4) is 6.07 Å². The summed E-state index contributed by atoms with van der Waals surface area (Å²) < 4.78 is 0. The van der Waals surface area contributed by atoms with Gasteiger partial charge >= 0.3 is 0 Å². The molecule has 0 aromatic carbocycles. The second-order valence-electron chi connectivity index (χ2n) is 3.83. The zero-order valence-electron chi connectivity index (χ0n) is 9.08. The maximum Gasteiger partial charge on any atom is 0.110 e. The largest absolute Gasteiger partial charge is 0.389 e. The van der Waals surface area contributed by atoms with Crippen LogP contribution in [0.15, 0.2) is 12.1 Å². The molecular formula is C11H16N2OS. The Morgan fingerprint density at radius 3 is 2.87 bits per heavy atom. The van der Waals surface area contributed by atoms with Gasteiger partial charge in [-0.2, -0.15) is 5.26 Å². The van der Waals surface area contributed by atoms with Crippen LogP contribution in [0, 0.1) is 11.3 Å². The fourth-order valence-electron chi connectivity index (χ4n) is 1.11. The number of thiophene rings is 1. The van der Waals surface area contributed by atoms with E-state index in [4.69, 9.17) is 5.26 Å². The van der Waals surface area contributed by atoms with E-state index in [0.717, 1.165) is 16.2 Å². The predicted molar refractivity (Wildman–Crippen MR) is 61.7 cm³/mol. The van der Waals surface area contributed by atoms with Gasteiger partial charge in [-0.1, -0.05) is 6.92 Å². The van der Waals surface area contributed by atoms with Gasteiger partial charge in [0.05, 0.1) is 5.60 Å². The van der Waals surface area contributed by atoms with Crippen molar-refractivity contribution in [2.24, 2.45) is 0 Å². The van der Waals surface area contributed by atoms with E-state index in [0.29, 0.717) is 13.1 Å². The average Bonchev–Trinajstić information content (AvgIpc) is 2.66. The van der Waals surface area contributed by atoms with Gasteiger partial charge in [0, 0.05) is 18.0 Å². The van der Waals surface area contributed by atoms with E-state index in [9.17, 15) is 5.11 Å². The standard InChI is InChI=1S/C11H16N2OS/c1-3-11(2,14)8-13-7-10-5-4-9(6-12)15-10/h4-5,13-14H,3,7-8H2,1-2H3. The summed E-state index contributed by atoms with van der Waals surface area (Å²) >= 11 is 1.49. The van der Waals surface area contributed by atoms with Gasteiger partial charge in [0.1, 0.15) is 10.9 Å². The fraction of sp³-hybridized carbons (Fsp3) is 0.545. The second-order valence-corrected chi connectivity index (χ2v) is 5.00. The van der Waals surface area contributed by atoms with Crippen molar-refractivity contribution in [3.63, 3.8) is 0 Å². The summed E-state index contributed by atoms with van der Waals surface area (Å²) in [6, 6.07) is 5.87. The Morgan fingerprint density at radius 1 is 1.60 bits per heavy atom. The molecule has 0 amide bonds. The lowest BCUT2D eigenvalue weighted by atomic mass is 10.0. The Kier molecular flexibility index (Phi) is 4.28. The van der Waals surface area contributed by atoms with Gasteiger partial charge in [0.15, 0.2) is 0 Å². The summed E-state index contributed by atoms with van der Waals surface area (Å²) in [7, 11) is 0. The molecule has 1 atom stereocenters. The zero-order chi connectivity index (χ0) is 11.3. The van der Waals surface area contributed by atoms with E-state index in [2.05, 4.69) is 11.4 Å². The van der Waals surface area contributed by atoms with Crippen LogP contribution in [0.3, 0.4) is 0 Å². The van der Waals surface area contributed by atoms with Crippen LogP contribution in [-0.2, 0) is 6.54 Å². The Balaban J connectivity index is 2.35. The van der Waals surface area contributed by atoms with Crippen LogP contribution < -0.4 is 5.32 Å². The van der Waals surface area contributed by atoms with Crippen LogP contribution in [0.1, 0.15) is 30.0 Å². The van der Waals surface area contributed by atoms with Crippen molar-refractivity contribution < 1.29 is 5.11 Å². The molecule has 2 N–H and O–H groups in total. The summed E-state index contributed by atoms with van der Waals surface area (Å²) in [5, 5.41) is 21.6. The molecule has 1 aromatic rings. The SMILES string of the molecule is CCC(C)(O)CNCc1ccc(C#N)s1. The minimum absolute atomic E-state index is 0.573. The summed E-state index contributed by atoms with van der Waals surface area (Å²) in [6.45, 7) is 5.06. The molecule has 0 aliphatic heterocycles. The summed E-state index contributed by atoms with van der Waals surface area (Å²) in [5.41, 5.74) is -0.644. The number of aliphatic hydroxyl groups is 1. The average molecular weight is 224 g/mol. The first-order valence-electron chi connectivity index (χ1n) is 4.99. The lowest BCUT2D eigenvalue weighted by molar-refractivity contribution is 0.0556. The number of hydrogen-bond donors (Lipinski definition) is 2. The van der Waals surface area contributed by atoms with Crippen LogP contribution >= 0.6 is 11.3 Å². The fourth-order valence-corrected chi connectivity index (χ4v) is 1.89. The van der Waals surface area contributed by atoms with E-state index < -0.39 is 5.60 Å². The van der Waals surface area contributed by atoms with E-state index in [1.807, 2.05) is 26.0 Å². The maximum atomic E-state index is 9.74. The normalized spacial score (nSPS) is 14.5. The van der Waals surface area contributed by atoms with Gasteiger partial charge in [-0.25, -0.2) is 0 Å². The second kappa shape index (κ2) is 5.26. The number of nitrogens with one attached hydrogen (secondary N) is 1. The molecular weight excluding hydrogens is 208 g/mol. The minimum atomic E-state index is -0.644. The first kappa shape index (κ1) is 12.2. The third-order valence-electron chi connectivity index (χ3n) is 2.34. The molecule has 1 rings (SSSR count). The van der Waals surface area contributed by atoms with Crippen molar-refractivity contribution in [1.82, 2.24) is 5.32 Å². The summed E-state index contributed by atoms with van der Waals surface area (Å²) in [6.07, 6.45) is 0.730. The number of rotatable bonds is 5. The monoisotopic (exact) mass is 224 g/mol. The van der Waals surface area contributed by atoms with Gasteiger partial charge in [-0.3, -0.25) is 0 Å². The molecule has 0 bridgehead atoms. The third kappa shape index (κ3) is 4.00. The Hall–Kier alpha value is -0.890. The molecule has 0 aliphatic carbocycles. The van der Waals surface area contributed by atoms with Gasteiger partial charge in [-0.15, -0.1) is 11.3 Å². The topological polar surface area (TPSA) is 56.0 Å². The smallest absolute Gasteiger partial charge is 0.110 e. The first-order chi connectivity index (χ1) is 7.07. The lowest BCUT2D eigenvalue weighted by Crippen LogP contribution is -2.36. The highest BCUT2D eigenvalue weighted by atomic mass is 32.1. The zero-order valence-corrected chi connectivity index (χ0v) is 9.90. The molecule has 82 valence electrons. The molecule has 1 heterocycles. The minimum Gasteiger partial charge on any atom is -0.389 e. The molecule has 0 fully saturated rings. The molecule has 15 heavy (non-hydrogen) atoms. The first-order valence-corrected chi connectivity index (χ1v) is 5.81. The van der Waals surface area contributed by atoms with Crippen LogP contribution in [0.2, 0.25) is 0 Å². The molecule has 3 nitrogen and oxygen atoms in total. The maximum absolute atomic E-state index is 9.74. The Bertz CT molecular complexity index is 352. The number of hydrogen-bond acceptors (Lipinski definition) is 4. The van der Waals surface area contributed by atoms with Gasteiger partial charge < -0.3 is 10.4 Å². The van der Waals surface area contributed by atoms with Crippen LogP contribution in [0.5, 0.6) is 0 Å². The quantitative estimate of drug-likeness (QED) is 0.802. The van der Waals surface area contributed by atoms with Crippen molar-refractivity contribution >= 4 is 11.3 Å². The molecule has 0 saturated carbocycles. The predicted octanol–water partition coefficient (Wildman–Crippen LogP) is 1.87. The summed E-state index contributed by atoms with van der Waals surface area (Å²) in [4.78, 5) is 1.85. The molecule has 1 unspecified atom stereocenters. The van der Waals surface area contributed by atoms with Gasteiger partial charge in [0.25, 0.3) is 0 Å². The highest BCUT2D eigenvalue weighted by Crippen LogP contribution is 2.15. The molecule has 0 aliphatic rings. The van der Waals surface area contributed by atoms with Crippen LogP contribution in [-0.4, -0.2) is 17.3 Å². The van der Waals surface area contributed by atoms with Crippen molar-refractivity contribution in [2.45, 2.75) is 32.4 Å². The highest BCUT2D eigenvalue weighted by molar-refractivity contribution is 7.12. The van der Waals surface area contributed by atoms with Crippen molar-refractivity contribution in [3.05, 3.63) is 21.9 Å². The van der Waals surface area contributed by atoms with E-state index in [-0.39, 0.29) is 0 Å². The molecule has 4 heteroatoms. The molecule has 0 saturated heterocycles. The van der Waals surface area contributed by atoms with Gasteiger partial charge in [0.2, 0.25) is 0 Å². The molecule has 0 spiro atoms. The number of nitriles is 1. The number of nitrogens with zero attached hydrogens (tertiary/aromatic N) is 1. The lowest BCUT2D eigenvalue weighted by Gasteiger charge is -2.21. The molecule has 1 aromatic heterocycles. The van der Waals surface area contributed by atoms with E-state index in [1.165, 1.54) is 11.3 Å². The van der Waals surface area contributed by atoms with Crippen LogP contribution in [0.25, 0.3) is 0 Å². The Labute approximate surface area is 94.4 Å². The van der Waals surface area contributed by atoms with Crippen molar-refractivity contribution in [2.75, 3.05) is 6.54 Å². The highest BCUT2D eigenvalue weighted by Gasteiger charge is 2.16. The molecule has 0 radical (unpaired) electrons. The summed E-state index contributed by atoms with van der Waals surface area (Å²) in [5.74, 6) is 0. The van der Waals surface area contributed by atoms with Gasteiger partial charge in [-0.05, 0) is 25.5 Å². The van der Waals surface area contributed by atoms with Crippen LogP contribution in [0.4, 0.5) is 0 Å². The third-order valence-corrected chi connectivity index (χ3v) is 3.33. The Morgan fingerprint density at radius 2 is 2.33 bits per heavy atom. The van der Waals surface area contributed by atoms with E-state index >= 15 is 0 Å².